The normalized spacial score (nSPS) is 21.4. The highest BCUT2D eigenvalue weighted by molar-refractivity contribution is 5.68. The van der Waals surface area contributed by atoms with Gasteiger partial charge in [0.2, 0.25) is 0 Å². The molecule has 2 aromatic rings. The van der Waals surface area contributed by atoms with Gasteiger partial charge in [-0.3, -0.25) is 9.69 Å². The maximum absolute atomic E-state index is 15.8. The minimum atomic E-state index is -1.30. The number of carboxylic acid groups (broad SMARTS) is 1. The van der Waals surface area contributed by atoms with Crippen molar-refractivity contribution < 1.29 is 23.8 Å². The summed E-state index contributed by atoms with van der Waals surface area (Å²) in [5, 5.41) is 12.9. The highest BCUT2D eigenvalue weighted by Gasteiger charge is 2.39. The average molecular weight is 500 g/mol. The lowest BCUT2D eigenvalue weighted by atomic mass is 9.94. The largest absolute Gasteiger partial charge is 0.481 e. The van der Waals surface area contributed by atoms with Gasteiger partial charge in [0.25, 0.3) is 0 Å². The number of likely N-dealkylation sites (tertiary alicyclic amines) is 1. The molecule has 0 amide bonds. The number of nitrogens with zero attached hydrogens (tertiary/aromatic N) is 2. The smallest absolute Gasteiger partial charge is 0.304 e. The fourth-order valence-electron chi connectivity index (χ4n) is 5.24. The molecule has 36 heavy (non-hydrogen) atoms. The Balaban J connectivity index is 1.37. The number of hydrogen-bond acceptors (Lipinski definition) is 6. The van der Waals surface area contributed by atoms with E-state index in [0.717, 1.165) is 36.5 Å². The van der Waals surface area contributed by atoms with E-state index >= 15 is 4.39 Å². The van der Waals surface area contributed by atoms with Crippen LogP contribution in [-0.2, 0) is 22.4 Å². The molecule has 0 bridgehead atoms. The Kier molecular flexibility index (Phi) is 8.80. The topological polar surface area (TPSA) is 83.9 Å². The second-order valence-corrected chi connectivity index (χ2v) is 10.0. The van der Waals surface area contributed by atoms with Crippen LogP contribution in [0.4, 0.5) is 10.2 Å². The molecular weight excluding hydrogens is 461 g/mol. The van der Waals surface area contributed by atoms with Crippen molar-refractivity contribution in [3.8, 4) is 5.75 Å². The summed E-state index contributed by atoms with van der Waals surface area (Å²) < 4.78 is 26.9. The number of methoxy groups -OCH3 is 1. The first kappa shape index (κ1) is 26.4. The quantitative estimate of drug-likeness (QED) is 0.406. The van der Waals surface area contributed by atoms with E-state index in [1.807, 2.05) is 37.3 Å². The van der Waals surface area contributed by atoms with Crippen molar-refractivity contribution in [1.29, 1.82) is 0 Å². The van der Waals surface area contributed by atoms with Crippen molar-refractivity contribution in [1.82, 2.24) is 9.88 Å². The number of pyridine rings is 1. The Hall–Kier alpha value is -2.71. The fraction of sp³-hybridized carbons (Fsp3) is 0.571. The van der Waals surface area contributed by atoms with Gasteiger partial charge in [0.15, 0.2) is 6.29 Å². The van der Waals surface area contributed by atoms with E-state index in [9.17, 15) is 9.90 Å². The summed E-state index contributed by atoms with van der Waals surface area (Å²) in [7, 11) is 1.60. The van der Waals surface area contributed by atoms with E-state index in [1.54, 1.807) is 7.11 Å². The van der Waals surface area contributed by atoms with E-state index in [1.165, 1.54) is 5.56 Å². The number of benzene rings is 1. The maximum atomic E-state index is 15.8. The number of aryl methyl sites for hydroxylation is 2. The molecule has 2 aliphatic rings. The van der Waals surface area contributed by atoms with E-state index in [4.69, 9.17) is 14.5 Å². The molecule has 0 aliphatic carbocycles. The molecule has 0 spiro atoms. The molecule has 2 N–H and O–H groups in total. The Labute approximate surface area is 213 Å². The first-order chi connectivity index (χ1) is 17.4. The van der Waals surface area contributed by atoms with Gasteiger partial charge in [0.05, 0.1) is 6.42 Å². The second-order valence-electron chi connectivity index (χ2n) is 10.0. The fourth-order valence-corrected chi connectivity index (χ4v) is 5.24. The zero-order chi connectivity index (χ0) is 25.5. The summed E-state index contributed by atoms with van der Waals surface area (Å²) in [6.07, 6.45) is 3.93. The van der Waals surface area contributed by atoms with Crippen molar-refractivity contribution in [2.75, 3.05) is 38.6 Å². The van der Waals surface area contributed by atoms with Crippen LogP contribution < -0.4 is 10.1 Å². The van der Waals surface area contributed by atoms with Gasteiger partial charge >= 0.3 is 5.97 Å². The molecule has 8 heteroatoms. The van der Waals surface area contributed by atoms with Crippen LogP contribution in [0.1, 0.15) is 61.8 Å². The lowest BCUT2D eigenvalue weighted by molar-refractivity contribution is -0.137. The van der Waals surface area contributed by atoms with Gasteiger partial charge in [-0.25, -0.2) is 9.37 Å². The second kappa shape index (κ2) is 12.0. The zero-order valence-corrected chi connectivity index (χ0v) is 21.3. The third kappa shape index (κ3) is 6.95. The lowest BCUT2D eigenvalue weighted by Crippen LogP contribution is -2.32. The third-order valence-electron chi connectivity index (χ3n) is 7.26. The Bertz CT molecular complexity index is 1030. The molecule has 4 rings (SSSR count). The zero-order valence-electron chi connectivity index (χ0n) is 21.3. The van der Waals surface area contributed by atoms with Gasteiger partial charge in [0, 0.05) is 51.3 Å². The molecular formula is C28H38FN3O4. The van der Waals surface area contributed by atoms with Crippen molar-refractivity contribution in [3.05, 3.63) is 53.2 Å². The van der Waals surface area contributed by atoms with E-state index < -0.39 is 11.6 Å². The van der Waals surface area contributed by atoms with Crippen molar-refractivity contribution in [3.63, 3.8) is 0 Å². The molecule has 7 nitrogen and oxygen atoms in total. The number of hydrogen-bond donors (Lipinski definition) is 2. The van der Waals surface area contributed by atoms with Crippen LogP contribution in [-0.4, -0.2) is 66.2 Å². The molecule has 1 saturated heterocycles. The Morgan fingerprint density at radius 3 is 2.97 bits per heavy atom. The highest BCUT2D eigenvalue weighted by atomic mass is 19.1. The summed E-state index contributed by atoms with van der Waals surface area (Å²) in [4.78, 5) is 18.4. The van der Waals surface area contributed by atoms with Crippen molar-refractivity contribution >= 4 is 11.8 Å². The first-order valence-corrected chi connectivity index (χ1v) is 13.0. The van der Waals surface area contributed by atoms with Crippen LogP contribution in [0.25, 0.3) is 0 Å². The minimum absolute atomic E-state index is 0.0211. The lowest BCUT2D eigenvalue weighted by Gasteiger charge is -2.25. The summed E-state index contributed by atoms with van der Waals surface area (Å²) in [5.74, 6) is 0.458. The average Bonchev–Trinajstić information content (AvgIpc) is 3.26. The number of halogens is 1. The molecule has 1 fully saturated rings. The van der Waals surface area contributed by atoms with E-state index in [0.29, 0.717) is 51.1 Å². The van der Waals surface area contributed by atoms with Gasteiger partial charge in [-0.1, -0.05) is 25.1 Å². The molecule has 1 aromatic carbocycles. The SMILES string of the molecule is CCC(OC)Oc1cccc(C(CC(=O)O)CN2CCC(F)(CCc3ccc4c(n3)NCCC4)C2)c1. The van der Waals surface area contributed by atoms with Crippen molar-refractivity contribution in [2.45, 2.75) is 69.7 Å². The number of anilines is 1. The molecule has 3 heterocycles. The molecule has 3 atom stereocenters. The number of nitrogens with one attached hydrogen (secondary N) is 1. The van der Waals surface area contributed by atoms with Gasteiger partial charge in [-0.05, 0) is 61.4 Å². The van der Waals surface area contributed by atoms with Crippen LogP contribution in [0, 0.1) is 0 Å². The number of fused-ring (bicyclic) bond motifs is 1. The molecule has 0 saturated carbocycles. The monoisotopic (exact) mass is 499 g/mol. The maximum Gasteiger partial charge on any atom is 0.304 e. The van der Waals surface area contributed by atoms with E-state index in [-0.39, 0.29) is 18.6 Å². The van der Waals surface area contributed by atoms with Crippen LogP contribution in [0.5, 0.6) is 5.75 Å². The number of rotatable bonds is 12. The van der Waals surface area contributed by atoms with Gasteiger partial charge < -0.3 is 19.9 Å². The molecule has 196 valence electrons. The van der Waals surface area contributed by atoms with Crippen molar-refractivity contribution in [2.24, 2.45) is 0 Å². The number of aliphatic carboxylic acids is 1. The number of ether oxygens (including phenoxy) is 2. The first-order valence-electron chi connectivity index (χ1n) is 13.0. The molecule has 2 aliphatic heterocycles. The molecule has 3 unspecified atom stereocenters. The summed E-state index contributed by atoms with van der Waals surface area (Å²) in [6, 6.07) is 11.6. The number of carbonyl (C=O) groups is 1. The van der Waals surface area contributed by atoms with Crippen LogP contribution in [0.2, 0.25) is 0 Å². The van der Waals surface area contributed by atoms with Gasteiger partial charge in [-0.15, -0.1) is 0 Å². The van der Waals surface area contributed by atoms with Gasteiger partial charge in [0.1, 0.15) is 17.2 Å². The van der Waals surface area contributed by atoms with Crippen LogP contribution >= 0.6 is 0 Å². The minimum Gasteiger partial charge on any atom is -0.481 e. The summed E-state index contributed by atoms with van der Waals surface area (Å²) in [5.41, 5.74) is 1.73. The number of aromatic nitrogens is 1. The third-order valence-corrected chi connectivity index (χ3v) is 7.26. The number of carboxylic acids is 1. The summed E-state index contributed by atoms with van der Waals surface area (Å²) >= 11 is 0. The standard InChI is InChI=1S/C28H38FN3O4/c1-3-26(35-2)36-24-8-4-6-21(16-24)22(17-25(33)34)18-32-15-13-28(29,19-32)12-11-23-10-9-20-7-5-14-30-27(20)31-23/h4,6,8-10,16,22,26H,3,5,7,11-15,17-19H2,1-2H3,(H,30,31)(H,33,34). The van der Waals surface area contributed by atoms with E-state index in [2.05, 4.69) is 16.3 Å². The number of alkyl halides is 1. The van der Waals surface area contributed by atoms with Crippen LogP contribution in [0.3, 0.4) is 0 Å². The Morgan fingerprint density at radius 2 is 2.19 bits per heavy atom. The molecule has 1 aromatic heterocycles. The van der Waals surface area contributed by atoms with Crippen LogP contribution in [0.15, 0.2) is 36.4 Å². The molecule has 0 radical (unpaired) electrons. The highest BCUT2D eigenvalue weighted by Crippen LogP contribution is 2.34. The Morgan fingerprint density at radius 1 is 1.33 bits per heavy atom. The summed E-state index contributed by atoms with van der Waals surface area (Å²) in [6.45, 7) is 4.32. The predicted molar refractivity (Wildman–Crippen MR) is 137 cm³/mol. The predicted octanol–water partition coefficient (Wildman–Crippen LogP) is 4.81. The van der Waals surface area contributed by atoms with Gasteiger partial charge in [-0.2, -0.15) is 0 Å².